The Morgan fingerprint density at radius 1 is 1.44 bits per heavy atom. The fraction of sp³-hybridized carbons (Fsp3) is 0.615. The van der Waals surface area contributed by atoms with Crippen LogP contribution in [0.25, 0.3) is 0 Å². The molecule has 4 nitrogen and oxygen atoms in total. The van der Waals surface area contributed by atoms with E-state index in [0.29, 0.717) is 11.4 Å². The molecule has 1 saturated heterocycles. The molecule has 18 heavy (non-hydrogen) atoms. The highest BCUT2D eigenvalue weighted by Gasteiger charge is 2.32. The van der Waals surface area contributed by atoms with Gasteiger partial charge in [0, 0.05) is 43.5 Å². The van der Waals surface area contributed by atoms with Gasteiger partial charge in [-0.15, -0.1) is 0 Å². The molecule has 100 valence electrons. The third-order valence-corrected chi connectivity index (χ3v) is 3.79. The second-order valence-electron chi connectivity index (χ2n) is 5.47. The summed E-state index contributed by atoms with van der Waals surface area (Å²) in [5.41, 5.74) is 6.07. The number of aromatic nitrogens is 1. The molecule has 0 amide bonds. The first kappa shape index (κ1) is 13.2. The van der Waals surface area contributed by atoms with Crippen LogP contribution in [0.4, 0.5) is 10.2 Å². The van der Waals surface area contributed by atoms with Gasteiger partial charge in [-0.1, -0.05) is 0 Å². The molecule has 1 aliphatic rings. The van der Waals surface area contributed by atoms with Gasteiger partial charge in [-0.05, 0) is 27.0 Å². The van der Waals surface area contributed by atoms with E-state index in [9.17, 15) is 4.39 Å². The van der Waals surface area contributed by atoms with E-state index in [1.807, 2.05) is 4.90 Å². The molecule has 0 aliphatic carbocycles. The van der Waals surface area contributed by atoms with Crippen molar-refractivity contribution < 1.29 is 4.39 Å². The molecule has 1 aromatic rings. The summed E-state index contributed by atoms with van der Waals surface area (Å²) in [6.07, 6.45) is 1.63. The van der Waals surface area contributed by atoms with Crippen molar-refractivity contribution in [2.24, 2.45) is 5.73 Å². The van der Waals surface area contributed by atoms with Gasteiger partial charge in [0.2, 0.25) is 0 Å². The van der Waals surface area contributed by atoms with E-state index in [0.717, 1.165) is 19.6 Å². The lowest BCUT2D eigenvalue weighted by atomic mass is 9.99. The van der Waals surface area contributed by atoms with Crippen LogP contribution in [0, 0.1) is 5.82 Å². The number of likely N-dealkylation sites (N-methyl/N-ethyl adjacent to an activating group) is 1. The lowest BCUT2D eigenvalue weighted by molar-refractivity contribution is 0.138. The first-order chi connectivity index (χ1) is 8.45. The first-order valence-electron chi connectivity index (χ1n) is 6.25. The third-order valence-electron chi connectivity index (χ3n) is 3.79. The molecule has 0 spiro atoms. The standard InChI is InChI=1S/C13H21FN4/c1-13(2)9-18(7-6-17(13)3)12-11(14)10(8-15)4-5-16-12/h4-5H,6-9,15H2,1-3H3. The summed E-state index contributed by atoms with van der Waals surface area (Å²) in [5, 5.41) is 0. The Bertz CT molecular complexity index is 433. The van der Waals surface area contributed by atoms with Crippen LogP contribution in [0.1, 0.15) is 19.4 Å². The Labute approximate surface area is 108 Å². The summed E-state index contributed by atoms with van der Waals surface area (Å²) in [5.74, 6) is 0.152. The Hall–Kier alpha value is -1.20. The molecule has 0 bridgehead atoms. The summed E-state index contributed by atoms with van der Waals surface area (Å²) in [4.78, 5) is 8.47. The summed E-state index contributed by atoms with van der Waals surface area (Å²) >= 11 is 0. The minimum atomic E-state index is -0.277. The molecule has 1 aliphatic heterocycles. The monoisotopic (exact) mass is 252 g/mol. The van der Waals surface area contributed by atoms with Gasteiger partial charge in [0.25, 0.3) is 0 Å². The minimum Gasteiger partial charge on any atom is -0.351 e. The van der Waals surface area contributed by atoms with Crippen LogP contribution in [0.15, 0.2) is 12.3 Å². The zero-order valence-corrected chi connectivity index (χ0v) is 11.3. The van der Waals surface area contributed by atoms with Crippen molar-refractivity contribution in [2.45, 2.75) is 25.9 Å². The van der Waals surface area contributed by atoms with Crippen molar-refractivity contribution in [3.05, 3.63) is 23.6 Å². The van der Waals surface area contributed by atoms with Gasteiger partial charge >= 0.3 is 0 Å². The number of hydrogen-bond donors (Lipinski definition) is 1. The van der Waals surface area contributed by atoms with Crippen molar-refractivity contribution in [1.82, 2.24) is 9.88 Å². The van der Waals surface area contributed by atoms with Gasteiger partial charge in [-0.3, -0.25) is 4.90 Å². The summed E-state index contributed by atoms with van der Waals surface area (Å²) in [6.45, 7) is 6.98. The van der Waals surface area contributed by atoms with Crippen molar-refractivity contribution in [1.29, 1.82) is 0 Å². The van der Waals surface area contributed by atoms with E-state index in [4.69, 9.17) is 5.73 Å². The van der Waals surface area contributed by atoms with Crippen molar-refractivity contribution in [3.8, 4) is 0 Å². The number of piperazine rings is 1. The van der Waals surface area contributed by atoms with E-state index < -0.39 is 0 Å². The van der Waals surface area contributed by atoms with Crippen LogP contribution < -0.4 is 10.6 Å². The Balaban J connectivity index is 2.28. The SMILES string of the molecule is CN1CCN(c2nccc(CN)c2F)CC1(C)C. The fourth-order valence-electron chi connectivity index (χ4n) is 2.27. The van der Waals surface area contributed by atoms with Crippen LogP contribution in [0.2, 0.25) is 0 Å². The van der Waals surface area contributed by atoms with E-state index >= 15 is 0 Å². The van der Waals surface area contributed by atoms with Gasteiger partial charge in [0.05, 0.1) is 0 Å². The topological polar surface area (TPSA) is 45.4 Å². The molecule has 1 aromatic heterocycles. The van der Waals surface area contributed by atoms with E-state index in [2.05, 4.69) is 30.8 Å². The van der Waals surface area contributed by atoms with Crippen molar-refractivity contribution in [3.63, 3.8) is 0 Å². The average molecular weight is 252 g/mol. The number of anilines is 1. The minimum absolute atomic E-state index is 0.0189. The molecule has 1 fully saturated rings. The van der Waals surface area contributed by atoms with Gasteiger partial charge in [-0.2, -0.15) is 0 Å². The van der Waals surface area contributed by atoms with Crippen LogP contribution in [-0.4, -0.2) is 42.1 Å². The number of hydrogen-bond acceptors (Lipinski definition) is 4. The number of halogens is 1. The average Bonchev–Trinajstić information content (AvgIpc) is 2.33. The van der Waals surface area contributed by atoms with Crippen LogP contribution in [0.5, 0.6) is 0 Å². The quantitative estimate of drug-likeness (QED) is 0.859. The van der Waals surface area contributed by atoms with Crippen LogP contribution in [0.3, 0.4) is 0 Å². The lowest BCUT2D eigenvalue weighted by Crippen LogP contribution is -2.58. The van der Waals surface area contributed by atoms with Gasteiger partial charge in [0.15, 0.2) is 11.6 Å². The predicted octanol–water partition coefficient (Wildman–Crippen LogP) is 1.21. The highest BCUT2D eigenvalue weighted by Crippen LogP contribution is 2.26. The lowest BCUT2D eigenvalue weighted by Gasteiger charge is -2.45. The second-order valence-corrected chi connectivity index (χ2v) is 5.47. The molecule has 2 N–H and O–H groups in total. The van der Waals surface area contributed by atoms with Crippen LogP contribution >= 0.6 is 0 Å². The number of nitrogens with zero attached hydrogens (tertiary/aromatic N) is 3. The molecule has 0 aromatic carbocycles. The third kappa shape index (κ3) is 2.33. The zero-order valence-electron chi connectivity index (χ0n) is 11.3. The van der Waals surface area contributed by atoms with E-state index in [-0.39, 0.29) is 17.9 Å². The van der Waals surface area contributed by atoms with E-state index in [1.54, 1.807) is 12.3 Å². The van der Waals surface area contributed by atoms with Crippen molar-refractivity contribution >= 4 is 5.82 Å². The van der Waals surface area contributed by atoms with Crippen molar-refractivity contribution in [2.75, 3.05) is 31.6 Å². The first-order valence-corrected chi connectivity index (χ1v) is 6.25. The summed E-state index contributed by atoms with van der Waals surface area (Å²) in [7, 11) is 2.09. The molecule has 0 atom stereocenters. The molecule has 0 unspecified atom stereocenters. The second kappa shape index (κ2) is 4.82. The van der Waals surface area contributed by atoms with Crippen LogP contribution in [-0.2, 0) is 6.54 Å². The maximum Gasteiger partial charge on any atom is 0.170 e. The molecular weight excluding hydrogens is 231 g/mol. The molecule has 2 heterocycles. The highest BCUT2D eigenvalue weighted by atomic mass is 19.1. The van der Waals surface area contributed by atoms with Gasteiger partial charge in [0.1, 0.15) is 0 Å². The maximum absolute atomic E-state index is 14.2. The maximum atomic E-state index is 14.2. The summed E-state index contributed by atoms with van der Waals surface area (Å²) < 4.78 is 14.2. The normalized spacial score (nSPS) is 20.2. The van der Waals surface area contributed by atoms with E-state index in [1.165, 1.54) is 0 Å². The molecular formula is C13H21FN4. The Kier molecular flexibility index (Phi) is 3.54. The molecule has 5 heteroatoms. The number of rotatable bonds is 2. The Morgan fingerprint density at radius 2 is 2.17 bits per heavy atom. The highest BCUT2D eigenvalue weighted by molar-refractivity contribution is 5.44. The zero-order chi connectivity index (χ0) is 13.3. The predicted molar refractivity (Wildman–Crippen MR) is 71.0 cm³/mol. The molecule has 0 saturated carbocycles. The van der Waals surface area contributed by atoms with Gasteiger partial charge < -0.3 is 10.6 Å². The van der Waals surface area contributed by atoms with Gasteiger partial charge in [-0.25, -0.2) is 9.37 Å². The largest absolute Gasteiger partial charge is 0.351 e. The Morgan fingerprint density at radius 3 is 2.78 bits per heavy atom. The molecule has 0 radical (unpaired) electrons. The smallest absolute Gasteiger partial charge is 0.170 e. The molecule has 2 rings (SSSR count). The number of pyridine rings is 1. The number of nitrogens with two attached hydrogens (primary N) is 1. The summed E-state index contributed by atoms with van der Waals surface area (Å²) in [6, 6.07) is 1.64. The fourth-order valence-corrected chi connectivity index (χ4v) is 2.27.